The van der Waals surface area contributed by atoms with E-state index in [0.717, 1.165) is 5.57 Å². The summed E-state index contributed by atoms with van der Waals surface area (Å²) in [4.78, 5) is 18.8. The molecule has 0 radical (unpaired) electrons. The van der Waals surface area contributed by atoms with Crippen LogP contribution in [0.2, 0.25) is 0 Å². The van der Waals surface area contributed by atoms with Gasteiger partial charge in [0.2, 0.25) is 5.88 Å². The Morgan fingerprint density at radius 1 is 1.42 bits per heavy atom. The molecule has 3 heterocycles. The van der Waals surface area contributed by atoms with Gasteiger partial charge in [0, 0.05) is 25.4 Å². The molecule has 0 aliphatic carbocycles. The Hall–Kier alpha value is -3.15. The molecule has 1 atom stereocenters. The second-order valence-corrected chi connectivity index (χ2v) is 6.14. The number of carbonyl (C=O) groups is 1. The minimum absolute atomic E-state index is 0.0449. The van der Waals surface area contributed by atoms with E-state index in [9.17, 15) is 4.79 Å². The molecule has 2 aromatic heterocycles. The maximum Gasteiger partial charge on any atom is 0.272 e. The third kappa shape index (κ3) is 3.74. The summed E-state index contributed by atoms with van der Waals surface area (Å²) in [5.74, 6) is 0.487. The number of hydrogen-bond donors (Lipinski definition) is 0. The minimum Gasteiger partial charge on any atom is -0.471 e. The van der Waals surface area contributed by atoms with Crippen LogP contribution in [0.4, 0.5) is 0 Å². The second-order valence-electron chi connectivity index (χ2n) is 6.14. The van der Waals surface area contributed by atoms with Crippen molar-refractivity contribution < 1.29 is 9.53 Å². The quantitative estimate of drug-likeness (QED) is 0.720. The lowest BCUT2D eigenvalue weighted by Gasteiger charge is -2.32. The van der Waals surface area contributed by atoms with E-state index in [1.165, 1.54) is 0 Å². The Bertz CT molecular complexity index is 839. The average Bonchev–Trinajstić information content (AvgIpc) is 3.10. The van der Waals surface area contributed by atoms with Gasteiger partial charge in [0.25, 0.3) is 5.91 Å². The summed E-state index contributed by atoms with van der Waals surface area (Å²) in [6.07, 6.45) is 6.98. The molecule has 1 unspecified atom stereocenters. The SMILES string of the molecule is C=C/C=C(\C=C)CN1CC(C)n2nc(COc3ccccn3)cc2C1=O. The summed E-state index contributed by atoms with van der Waals surface area (Å²) in [5, 5.41) is 4.53. The van der Waals surface area contributed by atoms with Gasteiger partial charge in [-0.1, -0.05) is 37.5 Å². The summed E-state index contributed by atoms with van der Waals surface area (Å²) in [7, 11) is 0. The highest BCUT2D eigenvalue weighted by Gasteiger charge is 2.30. The lowest BCUT2D eigenvalue weighted by molar-refractivity contribution is 0.0685. The van der Waals surface area contributed by atoms with Gasteiger partial charge in [0.05, 0.1) is 6.04 Å². The summed E-state index contributed by atoms with van der Waals surface area (Å²) in [5.41, 5.74) is 2.23. The van der Waals surface area contributed by atoms with Crippen LogP contribution in [0.5, 0.6) is 5.88 Å². The predicted octanol–water partition coefficient (Wildman–Crippen LogP) is 3.17. The first-order valence-corrected chi connectivity index (χ1v) is 8.48. The lowest BCUT2D eigenvalue weighted by atomic mass is 10.1. The van der Waals surface area contributed by atoms with E-state index in [0.29, 0.717) is 30.4 Å². The third-order valence-electron chi connectivity index (χ3n) is 4.17. The topological polar surface area (TPSA) is 60.3 Å². The molecule has 0 saturated heterocycles. The number of carbonyl (C=O) groups excluding carboxylic acids is 1. The Morgan fingerprint density at radius 2 is 2.27 bits per heavy atom. The van der Waals surface area contributed by atoms with E-state index in [4.69, 9.17) is 4.74 Å². The molecule has 134 valence electrons. The molecule has 0 N–H and O–H groups in total. The molecule has 3 rings (SSSR count). The Balaban J connectivity index is 1.75. The van der Waals surface area contributed by atoms with Crippen LogP contribution in [-0.2, 0) is 6.61 Å². The molecular formula is C20H22N4O2. The molecule has 0 bridgehead atoms. The highest BCUT2D eigenvalue weighted by molar-refractivity contribution is 5.93. The van der Waals surface area contributed by atoms with Gasteiger partial charge >= 0.3 is 0 Å². The average molecular weight is 350 g/mol. The van der Waals surface area contributed by atoms with Crippen molar-refractivity contribution in [2.75, 3.05) is 13.1 Å². The number of rotatable bonds is 7. The van der Waals surface area contributed by atoms with Crippen molar-refractivity contribution >= 4 is 5.91 Å². The zero-order valence-corrected chi connectivity index (χ0v) is 14.8. The van der Waals surface area contributed by atoms with Gasteiger partial charge in [-0.25, -0.2) is 4.98 Å². The van der Waals surface area contributed by atoms with Gasteiger partial charge in [0.1, 0.15) is 18.0 Å². The van der Waals surface area contributed by atoms with Crippen molar-refractivity contribution in [3.05, 3.63) is 78.8 Å². The molecule has 0 fully saturated rings. The number of aromatic nitrogens is 3. The highest BCUT2D eigenvalue weighted by Crippen LogP contribution is 2.23. The van der Waals surface area contributed by atoms with E-state index < -0.39 is 0 Å². The molecule has 6 nitrogen and oxygen atoms in total. The molecule has 2 aromatic rings. The first-order valence-electron chi connectivity index (χ1n) is 8.48. The number of pyridine rings is 1. The van der Waals surface area contributed by atoms with Gasteiger partial charge in [-0.2, -0.15) is 5.10 Å². The smallest absolute Gasteiger partial charge is 0.272 e. The number of fused-ring (bicyclic) bond motifs is 1. The van der Waals surface area contributed by atoms with Gasteiger partial charge in [0.15, 0.2) is 0 Å². The van der Waals surface area contributed by atoms with Crippen molar-refractivity contribution in [1.82, 2.24) is 19.7 Å². The van der Waals surface area contributed by atoms with E-state index in [-0.39, 0.29) is 18.6 Å². The Labute approximate surface area is 153 Å². The summed E-state index contributed by atoms with van der Waals surface area (Å²) >= 11 is 0. The zero-order valence-electron chi connectivity index (χ0n) is 14.8. The zero-order chi connectivity index (χ0) is 18.5. The van der Waals surface area contributed by atoms with Crippen LogP contribution in [0, 0.1) is 0 Å². The molecule has 0 aromatic carbocycles. The number of hydrogen-bond acceptors (Lipinski definition) is 4. The molecule has 6 heteroatoms. The minimum atomic E-state index is -0.0449. The Morgan fingerprint density at radius 3 is 2.96 bits per heavy atom. The normalized spacial score (nSPS) is 17.0. The number of allylic oxidation sites excluding steroid dienone is 2. The largest absolute Gasteiger partial charge is 0.471 e. The summed E-state index contributed by atoms with van der Waals surface area (Å²) in [6.45, 7) is 10.9. The molecular weight excluding hydrogens is 328 g/mol. The first kappa shape index (κ1) is 17.7. The fourth-order valence-corrected chi connectivity index (χ4v) is 2.93. The van der Waals surface area contributed by atoms with Gasteiger partial charge in [-0.05, 0) is 24.6 Å². The van der Waals surface area contributed by atoms with Crippen LogP contribution < -0.4 is 4.74 Å². The van der Waals surface area contributed by atoms with Crippen molar-refractivity contribution in [2.24, 2.45) is 0 Å². The fraction of sp³-hybridized carbons (Fsp3) is 0.250. The highest BCUT2D eigenvalue weighted by atomic mass is 16.5. The van der Waals surface area contributed by atoms with Gasteiger partial charge in [-0.15, -0.1) is 0 Å². The van der Waals surface area contributed by atoms with Crippen molar-refractivity contribution in [2.45, 2.75) is 19.6 Å². The number of ether oxygens (including phenoxy) is 1. The monoisotopic (exact) mass is 350 g/mol. The van der Waals surface area contributed by atoms with Crippen LogP contribution >= 0.6 is 0 Å². The summed E-state index contributed by atoms with van der Waals surface area (Å²) in [6, 6.07) is 7.35. The van der Waals surface area contributed by atoms with Crippen LogP contribution in [0.25, 0.3) is 0 Å². The van der Waals surface area contributed by atoms with E-state index in [2.05, 4.69) is 23.2 Å². The summed E-state index contributed by atoms with van der Waals surface area (Å²) < 4.78 is 7.41. The Kier molecular flexibility index (Phi) is 5.31. The maximum atomic E-state index is 12.8. The van der Waals surface area contributed by atoms with E-state index in [1.807, 2.05) is 30.0 Å². The van der Waals surface area contributed by atoms with Gasteiger partial charge in [-0.3, -0.25) is 9.48 Å². The van der Waals surface area contributed by atoms with Crippen LogP contribution in [0.1, 0.15) is 29.1 Å². The van der Waals surface area contributed by atoms with Crippen LogP contribution in [0.3, 0.4) is 0 Å². The second kappa shape index (κ2) is 7.82. The number of nitrogens with zero attached hydrogens (tertiary/aromatic N) is 4. The molecule has 1 amide bonds. The number of amides is 1. The predicted molar refractivity (Wildman–Crippen MR) is 99.9 cm³/mol. The molecule has 1 aliphatic rings. The fourth-order valence-electron chi connectivity index (χ4n) is 2.93. The van der Waals surface area contributed by atoms with E-state index >= 15 is 0 Å². The molecule has 26 heavy (non-hydrogen) atoms. The molecule has 1 aliphatic heterocycles. The van der Waals surface area contributed by atoms with Crippen molar-refractivity contribution in [3.8, 4) is 5.88 Å². The lowest BCUT2D eigenvalue weighted by Crippen LogP contribution is -2.43. The van der Waals surface area contributed by atoms with Crippen LogP contribution in [0.15, 0.2) is 67.4 Å². The maximum absolute atomic E-state index is 12.8. The van der Waals surface area contributed by atoms with Crippen LogP contribution in [-0.4, -0.2) is 38.7 Å². The molecule has 0 saturated carbocycles. The molecule has 0 spiro atoms. The standard InChI is InChI=1S/C20H22N4O2/c1-4-8-16(5-2)13-23-12-15(3)24-18(20(23)25)11-17(22-24)14-26-19-9-6-7-10-21-19/h4-11,15H,1-2,12-14H2,3H3/b16-8+. The van der Waals surface area contributed by atoms with Crippen molar-refractivity contribution in [1.29, 1.82) is 0 Å². The van der Waals surface area contributed by atoms with Crippen molar-refractivity contribution in [3.63, 3.8) is 0 Å². The van der Waals surface area contributed by atoms with E-state index in [1.54, 1.807) is 35.2 Å². The first-order chi connectivity index (χ1) is 12.6. The van der Waals surface area contributed by atoms with Gasteiger partial charge < -0.3 is 9.64 Å². The third-order valence-corrected chi connectivity index (χ3v) is 4.17.